The summed E-state index contributed by atoms with van der Waals surface area (Å²) in [6, 6.07) is 0.475. The van der Waals surface area contributed by atoms with Crippen LogP contribution in [0, 0.1) is 0 Å². The van der Waals surface area contributed by atoms with Crippen molar-refractivity contribution in [1.82, 2.24) is 10.3 Å². The summed E-state index contributed by atoms with van der Waals surface area (Å²) in [7, 11) is 2.06. The molecule has 0 aromatic carbocycles. The summed E-state index contributed by atoms with van der Waals surface area (Å²) >= 11 is 4.03. The van der Waals surface area contributed by atoms with Crippen molar-refractivity contribution in [2.75, 3.05) is 25.0 Å². The molecule has 5 heteroatoms. The molecular weight excluding hydrogens is 274 g/mol. The van der Waals surface area contributed by atoms with E-state index < -0.39 is 0 Å². The fourth-order valence-corrected chi connectivity index (χ4v) is 5.66. The Bertz CT molecular complexity index is 436. The van der Waals surface area contributed by atoms with E-state index in [9.17, 15) is 0 Å². The molecule has 2 aliphatic rings. The van der Waals surface area contributed by atoms with Gasteiger partial charge in [0, 0.05) is 28.5 Å². The van der Waals surface area contributed by atoms with Crippen molar-refractivity contribution < 1.29 is 0 Å². The van der Waals surface area contributed by atoms with Gasteiger partial charge < -0.3 is 10.2 Å². The Morgan fingerprint density at radius 2 is 2.00 bits per heavy atom. The van der Waals surface area contributed by atoms with Gasteiger partial charge in [-0.25, -0.2) is 4.98 Å². The number of nitrogens with one attached hydrogen (secondary N) is 1. The summed E-state index contributed by atoms with van der Waals surface area (Å²) in [5, 5.41) is 6.10. The van der Waals surface area contributed by atoms with Crippen molar-refractivity contribution in [3.8, 4) is 0 Å². The van der Waals surface area contributed by atoms with Crippen LogP contribution in [0.4, 0.5) is 5.13 Å². The molecule has 3 unspecified atom stereocenters. The minimum absolute atomic E-state index is 0.475. The van der Waals surface area contributed by atoms with Gasteiger partial charge in [-0.3, -0.25) is 0 Å². The summed E-state index contributed by atoms with van der Waals surface area (Å²) < 4.78 is 0. The average molecular weight is 297 g/mol. The topological polar surface area (TPSA) is 28.2 Å². The maximum absolute atomic E-state index is 4.97. The molecule has 0 amide bonds. The first kappa shape index (κ1) is 13.7. The second kappa shape index (κ2) is 5.62. The standard InChI is InChI=1S/C14H23N3S2/c1-9-7-17(8-10(2)18-9)14-16-13-11(15-3)5-4-6-12(13)19-14/h9-11,15H,4-8H2,1-3H3. The number of aryl methyl sites for hydroxylation is 1. The Morgan fingerprint density at radius 3 is 2.68 bits per heavy atom. The quantitative estimate of drug-likeness (QED) is 0.908. The van der Waals surface area contributed by atoms with Crippen LogP contribution in [-0.2, 0) is 6.42 Å². The van der Waals surface area contributed by atoms with Crippen LogP contribution >= 0.6 is 23.1 Å². The molecule has 0 bridgehead atoms. The fourth-order valence-electron chi connectivity index (χ4n) is 3.16. The largest absolute Gasteiger partial charge is 0.346 e. The number of anilines is 1. The van der Waals surface area contributed by atoms with Gasteiger partial charge in [-0.05, 0) is 26.3 Å². The van der Waals surface area contributed by atoms with Gasteiger partial charge in [-0.1, -0.05) is 13.8 Å². The number of nitrogens with zero attached hydrogens (tertiary/aromatic N) is 2. The predicted octanol–water partition coefficient (Wildman–Crippen LogP) is 3.07. The lowest BCUT2D eigenvalue weighted by Crippen LogP contribution is -2.40. The highest BCUT2D eigenvalue weighted by Crippen LogP contribution is 2.38. The third kappa shape index (κ3) is 2.78. The molecule has 1 saturated heterocycles. The number of thiazole rings is 1. The van der Waals surface area contributed by atoms with E-state index in [0.717, 1.165) is 13.1 Å². The molecule has 3 rings (SSSR count). The molecule has 1 aromatic heterocycles. The zero-order chi connectivity index (χ0) is 13.4. The van der Waals surface area contributed by atoms with Gasteiger partial charge >= 0.3 is 0 Å². The van der Waals surface area contributed by atoms with Gasteiger partial charge in [-0.15, -0.1) is 11.3 Å². The van der Waals surface area contributed by atoms with Crippen LogP contribution in [0.1, 0.15) is 43.3 Å². The number of aromatic nitrogens is 1. The van der Waals surface area contributed by atoms with Crippen molar-refractivity contribution in [2.24, 2.45) is 0 Å². The number of thioether (sulfide) groups is 1. The molecule has 2 heterocycles. The minimum atomic E-state index is 0.475. The van der Waals surface area contributed by atoms with E-state index in [1.807, 2.05) is 11.3 Å². The van der Waals surface area contributed by atoms with Crippen LogP contribution in [0.15, 0.2) is 0 Å². The first-order valence-electron chi connectivity index (χ1n) is 7.24. The predicted molar refractivity (Wildman–Crippen MR) is 85.6 cm³/mol. The van der Waals surface area contributed by atoms with E-state index in [-0.39, 0.29) is 0 Å². The lowest BCUT2D eigenvalue weighted by Gasteiger charge is -2.34. The number of hydrogen-bond donors (Lipinski definition) is 1. The molecule has 1 aromatic rings. The van der Waals surface area contributed by atoms with Gasteiger partial charge in [0.15, 0.2) is 5.13 Å². The van der Waals surface area contributed by atoms with E-state index in [4.69, 9.17) is 4.98 Å². The van der Waals surface area contributed by atoms with Crippen LogP contribution in [0.25, 0.3) is 0 Å². The van der Waals surface area contributed by atoms with Gasteiger partial charge in [0.2, 0.25) is 0 Å². The van der Waals surface area contributed by atoms with E-state index in [1.54, 1.807) is 0 Å². The zero-order valence-corrected chi connectivity index (χ0v) is 13.6. The van der Waals surface area contributed by atoms with Crippen LogP contribution in [0.2, 0.25) is 0 Å². The molecule has 3 atom stereocenters. The van der Waals surface area contributed by atoms with E-state index in [2.05, 4.69) is 42.9 Å². The summed E-state index contributed by atoms with van der Waals surface area (Å²) in [5.74, 6) is 0. The Labute approximate surface area is 124 Å². The van der Waals surface area contributed by atoms with Crippen LogP contribution in [0.3, 0.4) is 0 Å². The summed E-state index contributed by atoms with van der Waals surface area (Å²) in [6.07, 6.45) is 3.75. The highest BCUT2D eigenvalue weighted by atomic mass is 32.2. The molecule has 0 spiro atoms. The van der Waals surface area contributed by atoms with E-state index in [0.29, 0.717) is 16.5 Å². The second-order valence-corrected chi connectivity index (χ2v) is 8.64. The smallest absolute Gasteiger partial charge is 0.185 e. The van der Waals surface area contributed by atoms with Crippen molar-refractivity contribution in [3.63, 3.8) is 0 Å². The van der Waals surface area contributed by atoms with E-state index >= 15 is 0 Å². The highest BCUT2D eigenvalue weighted by Gasteiger charge is 2.28. The van der Waals surface area contributed by atoms with Crippen molar-refractivity contribution in [3.05, 3.63) is 10.6 Å². The number of hydrogen-bond acceptors (Lipinski definition) is 5. The van der Waals surface area contributed by atoms with Crippen LogP contribution in [0.5, 0.6) is 0 Å². The fraction of sp³-hybridized carbons (Fsp3) is 0.786. The monoisotopic (exact) mass is 297 g/mol. The minimum Gasteiger partial charge on any atom is -0.346 e. The molecule has 0 radical (unpaired) electrons. The molecule has 0 saturated carbocycles. The molecule has 1 N–H and O–H groups in total. The first-order valence-corrected chi connectivity index (χ1v) is 9.00. The lowest BCUT2D eigenvalue weighted by atomic mass is 9.98. The number of rotatable bonds is 2. The van der Waals surface area contributed by atoms with Crippen molar-refractivity contribution >= 4 is 28.2 Å². The van der Waals surface area contributed by atoms with Crippen molar-refractivity contribution in [1.29, 1.82) is 0 Å². The lowest BCUT2D eigenvalue weighted by molar-refractivity contribution is 0.489. The molecule has 1 aliphatic carbocycles. The Hall–Kier alpha value is -0.260. The van der Waals surface area contributed by atoms with Crippen LogP contribution < -0.4 is 10.2 Å². The molecule has 106 valence electrons. The highest BCUT2D eigenvalue weighted by molar-refractivity contribution is 8.00. The third-order valence-electron chi connectivity index (χ3n) is 3.98. The van der Waals surface area contributed by atoms with Crippen LogP contribution in [-0.4, -0.2) is 35.6 Å². The Kier molecular flexibility index (Phi) is 4.06. The Balaban J connectivity index is 1.84. The molecule has 19 heavy (non-hydrogen) atoms. The molecule has 3 nitrogen and oxygen atoms in total. The summed E-state index contributed by atoms with van der Waals surface area (Å²) in [6.45, 7) is 6.95. The van der Waals surface area contributed by atoms with Gasteiger partial charge in [0.25, 0.3) is 0 Å². The van der Waals surface area contributed by atoms with Gasteiger partial charge in [-0.2, -0.15) is 11.8 Å². The third-order valence-corrected chi connectivity index (χ3v) is 6.40. The molecule has 1 aliphatic heterocycles. The maximum atomic E-state index is 4.97. The molecular formula is C14H23N3S2. The van der Waals surface area contributed by atoms with Gasteiger partial charge in [0.1, 0.15) is 0 Å². The first-order chi connectivity index (χ1) is 9.17. The molecule has 1 fully saturated rings. The SMILES string of the molecule is CNC1CCCc2sc(N3CC(C)SC(C)C3)nc21. The normalized spacial score (nSPS) is 31.3. The van der Waals surface area contributed by atoms with Crippen molar-refractivity contribution in [2.45, 2.75) is 49.7 Å². The summed E-state index contributed by atoms with van der Waals surface area (Å²) in [5.41, 5.74) is 1.33. The Morgan fingerprint density at radius 1 is 1.26 bits per heavy atom. The summed E-state index contributed by atoms with van der Waals surface area (Å²) in [4.78, 5) is 8.98. The van der Waals surface area contributed by atoms with Gasteiger partial charge in [0.05, 0.1) is 11.7 Å². The zero-order valence-electron chi connectivity index (χ0n) is 12.0. The average Bonchev–Trinajstić information content (AvgIpc) is 2.81. The maximum Gasteiger partial charge on any atom is 0.185 e. The van der Waals surface area contributed by atoms with E-state index in [1.165, 1.54) is 35.0 Å². The second-order valence-electron chi connectivity index (χ2n) is 5.70. The number of fused-ring (bicyclic) bond motifs is 1.